The molecular formula is C17H15FN4O2. The molecule has 0 saturated heterocycles. The summed E-state index contributed by atoms with van der Waals surface area (Å²) in [6.45, 7) is 0.0694. The number of nitrogens with zero attached hydrogens (tertiary/aromatic N) is 3. The highest BCUT2D eigenvalue weighted by atomic mass is 19.1. The van der Waals surface area contributed by atoms with Crippen molar-refractivity contribution in [1.82, 2.24) is 14.8 Å². The van der Waals surface area contributed by atoms with Gasteiger partial charge < -0.3 is 14.3 Å². The van der Waals surface area contributed by atoms with Gasteiger partial charge in [0.05, 0.1) is 0 Å². The molecule has 122 valence electrons. The summed E-state index contributed by atoms with van der Waals surface area (Å²) in [7, 11) is 0. The number of rotatable bonds is 5. The van der Waals surface area contributed by atoms with E-state index in [1.165, 1.54) is 12.1 Å². The molecule has 0 atom stereocenters. The summed E-state index contributed by atoms with van der Waals surface area (Å²) < 4.78 is 20.6. The van der Waals surface area contributed by atoms with Gasteiger partial charge in [-0.15, -0.1) is 10.2 Å². The molecule has 0 unspecified atom stereocenters. The molecule has 1 amide bonds. The van der Waals surface area contributed by atoms with Crippen molar-refractivity contribution in [1.29, 1.82) is 0 Å². The van der Waals surface area contributed by atoms with Crippen molar-refractivity contribution in [2.75, 3.05) is 5.32 Å². The Bertz CT molecular complexity index is 882. The van der Waals surface area contributed by atoms with Gasteiger partial charge in [-0.25, -0.2) is 4.39 Å². The molecule has 7 heteroatoms. The summed E-state index contributed by atoms with van der Waals surface area (Å²) in [5.41, 5.74) is 1.10. The molecular weight excluding hydrogens is 311 g/mol. The first-order chi connectivity index (χ1) is 11.7. The second-order valence-electron chi connectivity index (χ2n) is 5.80. The van der Waals surface area contributed by atoms with E-state index in [9.17, 15) is 9.18 Å². The van der Waals surface area contributed by atoms with Crippen LogP contribution < -0.4 is 5.32 Å². The Morgan fingerprint density at radius 2 is 2.17 bits per heavy atom. The van der Waals surface area contributed by atoms with Gasteiger partial charge in [-0.2, -0.15) is 0 Å². The van der Waals surface area contributed by atoms with Gasteiger partial charge in [-0.05, 0) is 43.2 Å². The van der Waals surface area contributed by atoms with Gasteiger partial charge >= 0.3 is 0 Å². The number of halogens is 1. The predicted molar refractivity (Wildman–Crippen MR) is 84.7 cm³/mol. The van der Waals surface area contributed by atoms with Crippen LogP contribution in [0.4, 0.5) is 10.1 Å². The van der Waals surface area contributed by atoms with Crippen LogP contribution in [-0.4, -0.2) is 20.7 Å². The van der Waals surface area contributed by atoms with Crippen LogP contribution in [0.15, 0.2) is 47.0 Å². The van der Waals surface area contributed by atoms with Crippen LogP contribution in [0.2, 0.25) is 0 Å². The molecule has 4 rings (SSSR count). The summed E-state index contributed by atoms with van der Waals surface area (Å²) in [4.78, 5) is 12.2. The SMILES string of the molecule is O=C(Cn1cccc1-c1nnc(C2CC2)o1)Nc1cccc(F)c1. The number of carbonyl (C=O) groups excluding carboxylic acids is 1. The van der Waals surface area contributed by atoms with Crippen LogP contribution >= 0.6 is 0 Å². The maximum atomic E-state index is 13.2. The second-order valence-corrected chi connectivity index (χ2v) is 5.80. The van der Waals surface area contributed by atoms with E-state index in [1.807, 2.05) is 12.1 Å². The highest BCUT2D eigenvalue weighted by Gasteiger charge is 2.29. The van der Waals surface area contributed by atoms with Crippen molar-refractivity contribution in [3.8, 4) is 11.6 Å². The zero-order valence-electron chi connectivity index (χ0n) is 12.8. The largest absolute Gasteiger partial charge is 0.419 e. The highest BCUT2D eigenvalue weighted by molar-refractivity contribution is 5.90. The van der Waals surface area contributed by atoms with Crippen molar-refractivity contribution in [3.05, 3.63) is 54.3 Å². The molecule has 0 aliphatic heterocycles. The smallest absolute Gasteiger partial charge is 0.264 e. The molecule has 2 heterocycles. The summed E-state index contributed by atoms with van der Waals surface area (Å²) in [5, 5.41) is 10.8. The average Bonchev–Trinajstić information content (AvgIpc) is 3.10. The molecule has 0 radical (unpaired) electrons. The van der Waals surface area contributed by atoms with Gasteiger partial charge in [-0.1, -0.05) is 6.07 Å². The molecule has 1 fully saturated rings. The van der Waals surface area contributed by atoms with Gasteiger partial charge in [0.25, 0.3) is 5.89 Å². The fourth-order valence-corrected chi connectivity index (χ4v) is 2.50. The molecule has 0 bridgehead atoms. The van der Waals surface area contributed by atoms with E-state index >= 15 is 0 Å². The van der Waals surface area contributed by atoms with Gasteiger partial charge in [-0.3, -0.25) is 4.79 Å². The van der Waals surface area contributed by atoms with Crippen molar-refractivity contribution >= 4 is 11.6 Å². The standard InChI is InChI=1S/C17H15FN4O2/c18-12-3-1-4-13(9-12)19-15(23)10-22-8-2-5-14(22)17-21-20-16(24-17)11-6-7-11/h1-5,8-9,11H,6-7,10H2,(H,19,23). The van der Waals surface area contributed by atoms with Gasteiger partial charge in [0.15, 0.2) is 0 Å². The second kappa shape index (κ2) is 5.92. The van der Waals surface area contributed by atoms with E-state index in [0.717, 1.165) is 12.8 Å². The number of benzene rings is 1. The third kappa shape index (κ3) is 3.05. The molecule has 24 heavy (non-hydrogen) atoms. The molecule has 1 aliphatic carbocycles. The summed E-state index contributed by atoms with van der Waals surface area (Å²) >= 11 is 0. The maximum absolute atomic E-state index is 13.2. The van der Waals surface area contributed by atoms with Crippen LogP contribution in [0.1, 0.15) is 24.7 Å². The lowest BCUT2D eigenvalue weighted by atomic mass is 10.3. The number of hydrogen-bond donors (Lipinski definition) is 1. The third-order valence-electron chi connectivity index (χ3n) is 3.84. The van der Waals surface area contributed by atoms with Crippen LogP contribution in [0.5, 0.6) is 0 Å². The fraction of sp³-hybridized carbons (Fsp3) is 0.235. The first-order valence-corrected chi connectivity index (χ1v) is 7.73. The Balaban J connectivity index is 1.48. The Morgan fingerprint density at radius 1 is 1.29 bits per heavy atom. The quantitative estimate of drug-likeness (QED) is 0.781. The molecule has 6 nitrogen and oxygen atoms in total. The number of amides is 1. The molecule has 2 aromatic heterocycles. The van der Waals surface area contributed by atoms with Crippen LogP contribution in [0.25, 0.3) is 11.6 Å². The summed E-state index contributed by atoms with van der Waals surface area (Å²) in [6.07, 6.45) is 3.93. The highest BCUT2D eigenvalue weighted by Crippen LogP contribution is 2.39. The van der Waals surface area contributed by atoms with Crippen molar-refractivity contribution in [3.63, 3.8) is 0 Å². The van der Waals surface area contributed by atoms with Crippen molar-refractivity contribution in [2.24, 2.45) is 0 Å². The summed E-state index contributed by atoms with van der Waals surface area (Å²) in [6, 6.07) is 9.41. The number of hydrogen-bond acceptors (Lipinski definition) is 4. The first-order valence-electron chi connectivity index (χ1n) is 7.73. The minimum atomic E-state index is -0.395. The number of anilines is 1. The zero-order chi connectivity index (χ0) is 16.5. The third-order valence-corrected chi connectivity index (χ3v) is 3.84. The molecule has 1 saturated carbocycles. The molecule has 3 aromatic rings. The fourth-order valence-electron chi connectivity index (χ4n) is 2.50. The Kier molecular flexibility index (Phi) is 3.60. The number of nitrogens with one attached hydrogen (secondary N) is 1. The van der Waals surface area contributed by atoms with Crippen LogP contribution in [0, 0.1) is 5.82 Å². The lowest BCUT2D eigenvalue weighted by Crippen LogP contribution is -2.18. The topological polar surface area (TPSA) is 73.0 Å². The minimum absolute atomic E-state index is 0.0694. The molecule has 1 aliphatic rings. The van der Waals surface area contributed by atoms with Gasteiger partial charge in [0.1, 0.15) is 18.1 Å². The van der Waals surface area contributed by atoms with E-state index in [0.29, 0.717) is 29.1 Å². The Morgan fingerprint density at radius 3 is 2.96 bits per heavy atom. The van der Waals surface area contributed by atoms with Crippen molar-refractivity contribution < 1.29 is 13.6 Å². The normalized spacial score (nSPS) is 13.9. The molecule has 0 spiro atoms. The lowest BCUT2D eigenvalue weighted by molar-refractivity contribution is -0.116. The van der Waals surface area contributed by atoms with E-state index in [-0.39, 0.29) is 12.5 Å². The van der Waals surface area contributed by atoms with Crippen LogP contribution in [0.3, 0.4) is 0 Å². The zero-order valence-corrected chi connectivity index (χ0v) is 12.8. The molecule has 1 N–H and O–H groups in total. The monoisotopic (exact) mass is 326 g/mol. The predicted octanol–water partition coefficient (Wildman–Crippen LogP) is 3.19. The van der Waals surface area contributed by atoms with Crippen LogP contribution in [-0.2, 0) is 11.3 Å². The Labute approximate surface area is 137 Å². The van der Waals surface area contributed by atoms with Gasteiger partial charge in [0.2, 0.25) is 11.8 Å². The maximum Gasteiger partial charge on any atom is 0.264 e. The minimum Gasteiger partial charge on any atom is -0.419 e. The average molecular weight is 326 g/mol. The first kappa shape index (κ1) is 14.6. The van der Waals surface area contributed by atoms with E-state index in [1.54, 1.807) is 22.9 Å². The van der Waals surface area contributed by atoms with E-state index in [2.05, 4.69) is 15.5 Å². The Hall–Kier alpha value is -2.96. The summed E-state index contributed by atoms with van der Waals surface area (Å²) in [5.74, 6) is 0.779. The number of aromatic nitrogens is 3. The van der Waals surface area contributed by atoms with Gasteiger partial charge in [0, 0.05) is 17.8 Å². The van der Waals surface area contributed by atoms with Crippen molar-refractivity contribution in [2.45, 2.75) is 25.3 Å². The molecule has 1 aromatic carbocycles. The van der Waals surface area contributed by atoms with E-state index in [4.69, 9.17) is 4.42 Å². The van der Waals surface area contributed by atoms with E-state index < -0.39 is 5.82 Å². The lowest BCUT2D eigenvalue weighted by Gasteiger charge is -2.08. The number of carbonyl (C=O) groups is 1.